The van der Waals surface area contributed by atoms with E-state index in [1.165, 1.54) is 4.31 Å². The van der Waals surface area contributed by atoms with Crippen molar-refractivity contribution in [2.45, 2.75) is 50.8 Å². The van der Waals surface area contributed by atoms with E-state index in [1.807, 2.05) is 4.90 Å². The van der Waals surface area contributed by atoms with Crippen LogP contribution in [-0.4, -0.2) is 54.9 Å². The summed E-state index contributed by atoms with van der Waals surface area (Å²) in [4.78, 5) is 14.6. The highest BCUT2D eigenvalue weighted by Gasteiger charge is 2.34. The number of hydrogen-bond acceptors (Lipinski definition) is 5. The van der Waals surface area contributed by atoms with Crippen LogP contribution < -0.4 is 0 Å². The van der Waals surface area contributed by atoms with Gasteiger partial charge in [-0.1, -0.05) is 18.0 Å². The van der Waals surface area contributed by atoms with Crippen molar-refractivity contribution in [3.05, 3.63) is 11.5 Å². The number of hydrogen-bond donors (Lipinski definition) is 0. The Morgan fingerprint density at radius 2 is 1.79 bits per heavy atom. The zero-order chi connectivity index (χ0) is 17.3. The molecule has 1 amide bonds. The Kier molecular flexibility index (Phi) is 4.96. The van der Waals surface area contributed by atoms with E-state index >= 15 is 0 Å². The third kappa shape index (κ3) is 3.21. The van der Waals surface area contributed by atoms with Gasteiger partial charge >= 0.3 is 0 Å². The summed E-state index contributed by atoms with van der Waals surface area (Å²) in [7, 11) is -3.63. The molecule has 0 aromatic carbocycles. The quantitative estimate of drug-likeness (QED) is 0.824. The first-order valence-electron chi connectivity index (χ1n) is 8.63. The van der Waals surface area contributed by atoms with Crippen LogP contribution in [0.3, 0.4) is 0 Å². The minimum atomic E-state index is -3.63. The van der Waals surface area contributed by atoms with Gasteiger partial charge in [0.2, 0.25) is 15.9 Å². The van der Waals surface area contributed by atoms with Crippen LogP contribution in [0.15, 0.2) is 9.42 Å². The summed E-state index contributed by atoms with van der Waals surface area (Å²) in [6.07, 6.45) is 4.83. The van der Waals surface area contributed by atoms with Crippen molar-refractivity contribution in [3.63, 3.8) is 0 Å². The van der Waals surface area contributed by atoms with Gasteiger partial charge in [0.15, 0.2) is 5.76 Å². The lowest BCUT2D eigenvalue weighted by Gasteiger charge is -2.24. The van der Waals surface area contributed by atoms with Crippen molar-refractivity contribution in [1.82, 2.24) is 14.4 Å². The van der Waals surface area contributed by atoms with Crippen molar-refractivity contribution < 1.29 is 17.7 Å². The number of carbonyl (C=O) groups excluding carboxylic acids is 1. The standard InChI is InChI=1S/C16H25N3O4S/c1-12-15(13(2)23-17-12)24(21,22)19-9-5-8-18(10-11-19)16(20)14-6-3-4-7-14/h14H,3-11H2,1-2H3. The Balaban J connectivity index is 1.72. The molecule has 0 unspecified atom stereocenters. The van der Waals surface area contributed by atoms with E-state index in [0.29, 0.717) is 44.1 Å². The number of rotatable bonds is 3. The van der Waals surface area contributed by atoms with Crippen molar-refractivity contribution in [2.24, 2.45) is 5.92 Å². The topological polar surface area (TPSA) is 83.7 Å². The molecule has 134 valence electrons. The Morgan fingerprint density at radius 3 is 2.42 bits per heavy atom. The highest BCUT2D eigenvalue weighted by molar-refractivity contribution is 7.89. The summed E-state index contributed by atoms with van der Waals surface area (Å²) in [5, 5.41) is 3.75. The molecule has 2 heterocycles. The molecule has 1 saturated carbocycles. The van der Waals surface area contributed by atoms with E-state index in [4.69, 9.17) is 4.52 Å². The first kappa shape index (κ1) is 17.4. The summed E-state index contributed by atoms with van der Waals surface area (Å²) in [5.74, 6) is 0.649. The molecule has 0 radical (unpaired) electrons. The SMILES string of the molecule is Cc1noc(C)c1S(=O)(=O)N1CCCN(C(=O)C2CCCC2)CC1. The maximum absolute atomic E-state index is 12.9. The molecule has 0 bridgehead atoms. The average Bonchev–Trinajstić information content (AvgIpc) is 3.10. The zero-order valence-corrected chi connectivity index (χ0v) is 15.1. The number of carbonyl (C=O) groups is 1. The van der Waals surface area contributed by atoms with Gasteiger partial charge in [0.1, 0.15) is 10.6 Å². The van der Waals surface area contributed by atoms with Crippen molar-refractivity contribution >= 4 is 15.9 Å². The lowest BCUT2D eigenvalue weighted by molar-refractivity contribution is -0.135. The molecule has 1 aromatic heterocycles. The Morgan fingerprint density at radius 1 is 1.08 bits per heavy atom. The fraction of sp³-hybridized carbons (Fsp3) is 0.750. The second-order valence-electron chi connectivity index (χ2n) is 6.72. The van der Waals surface area contributed by atoms with Gasteiger partial charge in [0, 0.05) is 32.1 Å². The number of aryl methyl sites for hydroxylation is 2. The predicted octanol–water partition coefficient (Wildman–Crippen LogP) is 1.70. The maximum Gasteiger partial charge on any atom is 0.248 e. The minimum absolute atomic E-state index is 0.135. The Bertz CT molecular complexity index is 687. The number of amides is 1. The van der Waals surface area contributed by atoms with Crippen LogP contribution in [0.5, 0.6) is 0 Å². The average molecular weight is 355 g/mol. The van der Waals surface area contributed by atoms with Gasteiger partial charge in [-0.3, -0.25) is 4.79 Å². The molecule has 1 aliphatic carbocycles. The Labute approximate surface area is 143 Å². The largest absolute Gasteiger partial charge is 0.360 e. The summed E-state index contributed by atoms with van der Waals surface area (Å²) >= 11 is 0. The van der Waals surface area contributed by atoms with Crippen LogP contribution >= 0.6 is 0 Å². The lowest BCUT2D eigenvalue weighted by atomic mass is 10.1. The summed E-state index contributed by atoms with van der Waals surface area (Å²) in [6.45, 7) is 5.07. The normalized spacial score (nSPS) is 21.2. The highest BCUT2D eigenvalue weighted by Crippen LogP contribution is 2.28. The molecule has 1 aliphatic heterocycles. The maximum atomic E-state index is 12.9. The summed E-state index contributed by atoms with van der Waals surface area (Å²) in [6, 6.07) is 0. The molecule has 1 saturated heterocycles. The smallest absolute Gasteiger partial charge is 0.248 e. The van der Waals surface area contributed by atoms with Crippen LogP contribution in [0, 0.1) is 19.8 Å². The second-order valence-corrected chi connectivity index (χ2v) is 8.59. The third-order valence-electron chi connectivity index (χ3n) is 5.04. The summed E-state index contributed by atoms with van der Waals surface area (Å²) in [5.41, 5.74) is 0.385. The predicted molar refractivity (Wildman–Crippen MR) is 87.9 cm³/mol. The van der Waals surface area contributed by atoms with Gasteiger partial charge in [-0.25, -0.2) is 8.42 Å². The van der Waals surface area contributed by atoms with Crippen molar-refractivity contribution in [1.29, 1.82) is 0 Å². The molecule has 3 rings (SSSR count). The second kappa shape index (κ2) is 6.84. The minimum Gasteiger partial charge on any atom is -0.360 e. The first-order valence-corrected chi connectivity index (χ1v) is 10.1. The van der Waals surface area contributed by atoms with Crippen LogP contribution in [0.2, 0.25) is 0 Å². The number of sulfonamides is 1. The van der Waals surface area contributed by atoms with Crippen LogP contribution in [0.1, 0.15) is 43.6 Å². The van der Waals surface area contributed by atoms with E-state index in [-0.39, 0.29) is 16.7 Å². The van der Waals surface area contributed by atoms with E-state index in [1.54, 1.807) is 13.8 Å². The highest BCUT2D eigenvalue weighted by atomic mass is 32.2. The third-order valence-corrected chi connectivity index (χ3v) is 7.18. The van der Waals surface area contributed by atoms with E-state index < -0.39 is 10.0 Å². The molecule has 0 N–H and O–H groups in total. The monoisotopic (exact) mass is 355 g/mol. The van der Waals surface area contributed by atoms with Gasteiger partial charge in [0.05, 0.1) is 0 Å². The van der Waals surface area contributed by atoms with E-state index in [9.17, 15) is 13.2 Å². The molecule has 2 aliphatic rings. The molecule has 24 heavy (non-hydrogen) atoms. The molecule has 0 spiro atoms. The van der Waals surface area contributed by atoms with Gasteiger partial charge in [-0.05, 0) is 33.1 Å². The lowest BCUT2D eigenvalue weighted by Crippen LogP contribution is -2.39. The molecule has 0 atom stereocenters. The van der Waals surface area contributed by atoms with E-state index in [2.05, 4.69) is 5.16 Å². The first-order chi connectivity index (χ1) is 11.4. The molecular weight excluding hydrogens is 330 g/mol. The fourth-order valence-electron chi connectivity index (χ4n) is 3.76. The zero-order valence-electron chi connectivity index (χ0n) is 14.3. The molecule has 7 nitrogen and oxygen atoms in total. The van der Waals surface area contributed by atoms with Gasteiger partial charge in [-0.15, -0.1) is 0 Å². The molecule has 8 heteroatoms. The fourth-order valence-corrected chi connectivity index (χ4v) is 5.52. The van der Waals surface area contributed by atoms with Crippen LogP contribution in [0.25, 0.3) is 0 Å². The van der Waals surface area contributed by atoms with Crippen molar-refractivity contribution in [3.8, 4) is 0 Å². The van der Waals surface area contributed by atoms with Gasteiger partial charge < -0.3 is 9.42 Å². The van der Waals surface area contributed by atoms with E-state index in [0.717, 1.165) is 25.7 Å². The molecule has 2 fully saturated rings. The number of nitrogens with zero attached hydrogens (tertiary/aromatic N) is 3. The van der Waals surface area contributed by atoms with Crippen LogP contribution in [0.4, 0.5) is 0 Å². The van der Waals surface area contributed by atoms with Gasteiger partial charge in [-0.2, -0.15) is 4.31 Å². The van der Waals surface area contributed by atoms with Gasteiger partial charge in [0.25, 0.3) is 0 Å². The molecule has 1 aromatic rings. The molecular formula is C16H25N3O4S. The Hall–Kier alpha value is -1.41. The van der Waals surface area contributed by atoms with Crippen molar-refractivity contribution in [2.75, 3.05) is 26.2 Å². The number of aromatic nitrogens is 1. The summed E-state index contributed by atoms with van der Waals surface area (Å²) < 4.78 is 32.3. The van der Waals surface area contributed by atoms with Crippen LogP contribution in [-0.2, 0) is 14.8 Å².